The second-order valence-electron chi connectivity index (χ2n) is 4.11. The molecular weight excluding hydrogens is 340 g/mol. The molecule has 3 rings (SSSR count). The molecule has 0 aliphatic carbocycles. The van der Waals surface area contributed by atoms with E-state index in [0.29, 0.717) is 11.6 Å². The van der Waals surface area contributed by atoms with Crippen LogP contribution in [0.25, 0.3) is 22.0 Å². The smallest absolute Gasteiger partial charge is 0.173 e. The molecule has 20 heavy (non-hydrogen) atoms. The van der Waals surface area contributed by atoms with Crippen molar-refractivity contribution >= 4 is 33.1 Å². The fraction of sp³-hybridized carbons (Fsp3) is 0.0833. The van der Waals surface area contributed by atoms with E-state index in [2.05, 4.69) is 36.4 Å². The Labute approximate surface area is 127 Å². The number of aryl methyl sites for hydroxylation is 1. The first kappa shape index (κ1) is 13.2. The highest BCUT2D eigenvalue weighted by Gasteiger charge is 2.12. The summed E-state index contributed by atoms with van der Waals surface area (Å²) in [4.78, 5) is 9.95. The van der Waals surface area contributed by atoms with Crippen LogP contribution in [0.3, 0.4) is 0 Å². The van der Waals surface area contributed by atoms with Gasteiger partial charge in [-0.2, -0.15) is 5.10 Å². The fourth-order valence-corrected chi connectivity index (χ4v) is 3.26. The summed E-state index contributed by atoms with van der Waals surface area (Å²) in [5, 5.41) is 6.14. The van der Waals surface area contributed by atoms with Crippen molar-refractivity contribution in [2.75, 3.05) is 5.43 Å². The van der Waals surface area contributed by atoms with Gasteiger partial charge in [0.15, 0.2) is 5.82 Å². The Morgan fingerprint density at radius 3 is 2.85 bits per heavy atom. The van der Waals surface area contributed by atoms with Gasteiger partial charge in [-0.05, 0) is 27.4 Å². The number of hydrazine groups is 1. The van der Waals surface area contributed by atoms with E-state index in [1.54, 1.807) is 28.3 Å². The normalized spacial score (nSPS) is 10.8. The Kier molecular flexibility index (Phi) is 3.51. The van der Waals surface area contributed by atoms with E-state index < -0.39 is 0 Å². The summed E-state index contributed by atoms with van der Waals surface area (Å²) in [6, 6.07) is 3.76. The molecule has 0 aromatic carbocycles. The zero-order valence-electron chi connectivity index (χ0n) is 10.5. The SMILES string of the molecule is Cn1cc(-c2cc(NN)nc(-c3sccc3Br)n2)cn1. The molecule has 0 unspecified atom stereocenters. The third-order valence-electron chi connectivity index (χ3n) is 2.69. The lowest BCUT2D eigenvalue weighted by molar-refractivity contribution is 0.768. The Morgan fingerprint density at radius 2 is 2.25 bits per heavy atom. The number of anilines is 1. The number of aromatic nitrogens is 4. The Hall–Kier alpha value is -1.77. The highest BCUT2D eigenvalue weighted by molar-refractivity contribution is 9.10. The third kappa shape index (κ3) is 2.45. The lowest BCUT2D eigenvalue weighted by Gasteiger charge is -2.06. The van der Waals surface area contributed by atoms with Gasteiger partial charge in [-0.15, -0.1) is 11.3 Å². The van der Waals surface area contributed by atoms with Gasteiger partial charge >= 0.3 is 0 Å². The van der Waals surface area contributed by atoms with E-state index >= 15 is 0 Å². The zero-order valence-corrected chi connectivity index (χ0v) is 12.9. The van der Waals surface area contributed by atoms with Gasteiger partial charge in [0.1, 0.15) is 5.82 Å². The van der Waals surface area contributed by atoms with Crippen molar-refractivity contribution in [1.82, 2.24) is 19.7 Å². The number of halogens is 1. The second kappa shape index (κ2) is 5.31. The summed E-state index contributed by atoms with van der Waals surface area (Å²) >= 11 is 5.07. The number of rotatable bonds is 3. The molecule has 0 amide bonds. The number of nitrogen functional groups attached to an aromatic ring is 1. The Balaban J connectivity index is 2.15. The Bertz CT molecular complexity index is 750. The second-order valence-corrected chi connectivity index (χ2v) is 5.88. The van der Waals surface area contributed by atoms with E-state index in [9.17, 15) is 0 Å². The van der Waals surface area contributed by atoms with E-state index in [4.69, 9.17) is 5.84 Å². The third-order valence-corrected chi connectivity index (χ3v) is 4.53. The number of hydrogen-bond donors (Lipinski definition) is 2. The predicted molar refractivity (Wildman–Crippen MR) is 83.1 cm³/mol. The zero-order chi connectivity index (χ0) is 14.1. The van der Waals surface area contributed by atoms with Gasteiger partial charge in [0.25, 0.3) is 0 Å². The molecule has 0 saturated carbocycles. The molecule has 102 valence electrons. The van der Waals surface area contributed by atoms with Gasteiger partial charge in [0.05, 0.1) is 16.8 Å². The summed E-state index contributed by atoms with van der Waals surface area (Å²) in [5.41, 5.74) is 4.27. The van der Waals surface area contributed by atoms with Gasteiger partial charge in [0.2, 0.25) is 0 Å². The minimum atomic E-state index is 0.564. The summed E-state index contributed by atoms with van der Waals surface area (Å²) in [5.74, 6) is 6.68. The van der Waals surface area contributed by atoms with Crippen molar-refractivity contribution in [3.05, 3.63) is 34.4 Å². The molecule has 3 aromatic rings. The van der Waals surface area contributed by atoms with Gasteiger partial charge in [0, 0.05) is 29.3 Å². The molecule has 0 saturated heterocycles. The first-order valence-electron chi connectivity index (χ1n) is 5.75. The molecule has 3 heterocycles. The lowest BCUT2D eigenvalue weighted by atomic mass is 10.2. The molecule has 8 heteroatoms. The first-order valence-corrected chi connectivity index (χ1v) is 7.42. The monoisotopic (exact) mass is 350 g/mol. The van der Waals surface area contributed by atoms with Gasteiger partial charge in [-0.25, -0.2) is 15.8 Å². The average molecular weight is 351 g/mol. The van der Waals surface area contributed by atoms with Crippen molar-refractivity contribution in [2.24, 2.45) is 12.9 Å². The number of hydrogen-bond acceptors (Lipinski definition) is 6. The van der Waals surface area contributed by atoms with Crippen LogP contribution in [0.1, 0.15) is 0 Å². The van der Waals surface area contributed by atoms with E-state index in [1.165, 1.54) is 0 Å². The summed E-state index contributed by atoms with van der Waals surface area (Å²) < 4.78 is 2.70. The van der Waals surface area contributed by atoms with Crippen LogP contribution in [0, 0.1) is 0 Å². The van der Waals surface area contributed by atoms with Crippen molar-refractivity contribution in [3.8, 4) is 22.0 Å². The fourth-order valence-electron chi connectivity index (χ4n) is 1.78. The minimum absolute atomic E-state index is 0.564. The molecule has 0 bridgehead atoms. The van der Waals surface area contributed by atoms with Gasteiger partial charge < -0.3 is 5.43 Å². The standard InChI is InChI=1S/C12H11BrN6S/c1-19-6-7(5-15-19)9-4-10(18-14)17-12(16-9)11-8(13)2-3-20-11/h2-6H,14H2,1H3,(H,16,17,18). The molecule has 6 nitrogen and oxygen atoms in total. The van der Waals surface area contributed by atoms with Crippen LogP contribution >= 0.6 is 27.3 Å². The van der Waals surface area contributed by atoms with Crippen LogP contribution in [0.4, 0.5) is 5.82 Å². The summed E-state index contributed by atoms with van der Waals surface area (Å²) in [6.45, 7) is 0. The molecule has 0 aliphatic heterocycles. The minimum Gasteiger partial charge on any atom is -0.308 e. The molecule has 0 atom stereocenters. The van der Waals surface area contributed by atoms with Crippen LogP contribution < -0.4 is 11.3 Å². The quantitative estimate of drug-likeness (QED) is 0.560. The summed E-state index contributed by atoms with van der Waals surface area (Å²) in [7, 11) is 1.86. The van der Waals surface area contributed by atoms with Gasteiger partial charge in [-0.1, -0.05) is 0 Å². The summed E-state index contributed by atoms with van der Waals surface area (Å²) in [6.07, 6.45) is 3.66. The molecular formula is C12H11BrN6S. The average Bonchev–Trinajstić information content (AvgIpc) is 3.07. The van der Waals surface area contributed by atoms with Crippen LogP contribution in [0.15, 0.2) is 34.4 Å². The van der Waals surface area contributed by atoms with E-state index in [0.717, 1.165) is 20.6 Å². The molecule has 3 N–H and O–H groups in total. The largest absolute Gasteiger partial charge is 0.308 e. The lowest BCUT2D eigenvalue weighted by Crippen LogP contribution is -2.09. The topological polar surface area (TPSA) is 81.7 Å². The van der Waals surface area contributed by atoms with E-state index in [-0.39, 0.29) is 0 Å². The van der Waals surface area contributed by atoms with Crippen LogP contribution in [-0.4, -0.2) is 19.7 Å². The highest BCUT2D eigenvalue weighted by Crippen LogP contribution is 2.33. The molecule has 3 aromatic heterocycles. The maximum absolute atomic E-state index is 5.49. The first-order chi connectivity index (χ1) is 9.67. The number of nitrogens with one attached hydrogen (secondary N) is 1. The van der Waals surface area contributed by atoms with Gasteiger partial charge in [-0.3, -0.25) is 4.68 Å². The highest BCUT2D eigenvalue weighted by atomic mass is 79.9. The molecule has 0 fully saturated rings. The predicted octanol–water partition coefficient (Wildman–Crippen LogP) is 2.65. The number of thiophene rings is 1. The number of nitrogens with zero attached hydrogens (tertiary/aromatic N) is 4. The van der Waals surface area contributed by atoms with Crippen molar-refractivity contribution < 1.29 is 0 Å². The van der Waals surface area contributed by atoms with Crippen molar-refractivity contribution in [3.63, 3.8) is 0 Å². The van der Waals surface area contributed by atoms with Crippen molar-refractivity contribution in [1.29, 1.82) is 0 Å². The maximum Gasteiger partial charge on any atom is 0.173 e. The Morgan fingerprint density at radius 1 is 1.40 bits per heavy atom. The van der Waals surface area contributed by atoms with Crippen LogP contribution in [0.2, 0.25) is 0 Å². The molecule has 0 spiro atoms. The van der Waals surface area contributed by atoms with Crippen LogP contribution in [0.5, 0.6) is 0 Å². The van der Waals surface area contributed by atoms with Crippen LogP contribution in [-0.2, 0) is 7.05 Å². The molecule has 0 aliphatic rings. The molecule has 0 radical (unpaired) electrons. The van der Waals surface area contributed by atoms with Crippen molar-refractivity contribution in [2.45, 2.75) is 0 Å². The van der Waals surface area contributed by atoms with E-state index in [1.807, 2.05) is 24.7 Å². The maximum atomic E-state index is 5.49. The number of nitrogens with two attached hydrogens (primary N) is 1.